The highest BCUT2D eigenvalue weighted by atomic mass is 32.2. The van der Waals surface area contributed by atoms with Crippen molar-refractivity contribution in [1.29, 1.82) is 5.26 Å². The topological polar surface area (TPSA) is 108 Å². The lowest BCUT2D eigenvalue weighted by Gasteiger charge is -2.11. The van der Waals surface area contributed by atoms with Crippen molar-refractivity contribution >= 4 is 27.3 Å². The van der Waals surface area contributed by atoms with Crippen molar-refractivity contribution in [2.45, 2.75) is 18.2 Å². The number of nitrogens with one attached hydrogen (secondary N) is 2. The molecule has 0 heterocycles. The molecular formula is C23H21N3O4S. The van der Waals surface area contributed by atoms with E-state index in [1.165, 1.54) is 24.3 Å². The van der Waals surface area contributed by atoms with Gasteiger partial charge in [-0.25, -0.2) is 8.42 Å². The average molecular weight is 436 g/mol. The number of carbonyl (C=O) groups is 1. The molecule has 0 spiro atoms. The van der Waals surface area contributed by atoms with Gasteiger partial charge in [-0.3, -0.25) is 9.52 Å². The molecule has 3 rings (SSSR count). The van der Waals surface area contributed by atoms with Crippen molar-refractivity contribution in [1.82, 2.24) is 0 Å². The second-order valence-corrected chi connectivity index (χ2v) is 8.26. The molecule has 0 fully saturated rings. The molecule has 7 nitrogen and oxygen atoms in total. The van der Waals surface area contributed by atoms with E-state index in [4.69, 9.17) is 10.00 Å². The van der Waals surface area contributed by atoms with Crippen LogP contribution in [0.1, 0.15) is 22.8 Å². The Balaban J connectivity index is 1.73. The smallest absolute Gasteiger partial charge is 0.261 e. The van der Waals surface area contributed by atoms with E-state index >= 15 is 0 Å². The minimum Gasteiger partial charge on any atom is -0.494 e. The molecular weight excluding hydrogens is 414 g/mol. The van der Waals surface area contributed by atoms with E-state index < -0.39 is 15.9 Å². The zero-order chi connectivity index (χ0) is 22.3. The Morgan fingerprint density at radius 2 is 1.68 bits per heavy atom. The van der Waals surface area contributed by atoms with Crippen molar-refractivity contribution in [3.05, 3.63) is 83.9 Å². The molecule has 31 heavy (non-hydrogen) atoms. The van der Waals surface area contributed by atoms with Crippen LogP contribution in [0.25, 0.3) is 0 Å². The predicted molar refractivity (Wildman–Crippen MR) is 119 cm³/mol. The molecule has 0 aliphatic carbocycles. The van der Waals surface area contributed by atoms with Crippen LogP contribution in [-0.2, 0) is 16.4 Å². The number of ether oxygens (including phenoxy) is 1. The van der Waals surface area contributed by atoms with Crippen molar-refractivity contribution in [3.63, 3.8) is 0 Å². The molecule has 3 aromatic rings. The lowest BCUT2D eigenvalue weighted by molar-refractivity contribution is 0.102. The second-order valence-electron chi connectivity index (χ2n) is 6.58. The standard InChI is InChI=1S/C23H21N3O4S/c1-2-30-21-12-10-20(11-13-21)26-31(28,29)22-5-3-4-18(16-22)23(27)25-19-8-6-17(7-9-19)14-15-24/h3-13,16,26H,2,14H2,1H3,(H,25,27). The van der Waals surface area contributed by atoms with Gasteiger partial charge in [0.2, 0.25) is 0 Å². The Labute approximate surface area is 181 Å². The maximum Gasteiger partial charge on any atom is 0.261 e. The molecule has 0 aliphatic heterocycles. The van der Waals surface area contributed by atoms with Gasteiger partial charge in [0.05, 0.1) is 24.0 Å². The van der Waals surface area contributed by atoms with Gasteiger partial charge >= 0.3 is 0 Å². The van der Waals surface area contributed by atoms with Crippen molar-refractivity contribution in [2.24, 2.45) is 0 Å². The van der Waals surface area contributed by atoms with Gasteiger partial charge in [-0.2, -0.15) is 5.26 Å². The highest BCUT2D eigenvalue weighted by Gasteiger charge is 2.17. The van der Waals surface area contributed by atoms with Gasteiger partial charge in [-0.15, -0.1) is 0 Å². The van der Waals surface area contributed by atoms with E-state index in [9.17, 15) is 13.2 Å². The highest BCUT2D eigenvalue weighted by Crippen LogP contribution is 2.21. The van der Waals surface area contributed by atoms with Crippen LogP contribution >= 0.6 is 0 Å². The number of benzene rings is 3. The molecule has 1 amide bonds. The van der Waals surface area contributed by atoms with Crippen LogP contribution in [0.15, 0.2) is 77.7 Å². The summed E-state index contributed by atoms with van der Waals surface area (Å²) < 4.78 is 33.3. The third-order valence-electron chi connectivity index (χ3n) is 4.32. The first-order valence-corrected chi connectivity index (χ1v) is 11.0. The van der Waals surface area contributed by atoms with E-state index in [0.717, 1.165) is 5.56 Å². The SMILES string of the molecule is CCOc1ccc(NS(=O)(=O)c2cccc(C(=O)Nc3ccc(CC#N)cc3)c2)cc1. The average Bonchev–Trinajstić information content (AvgIpc) is 2.77. The van der Waals surface area contributed by atoms with Gasteiger partial charge in [0.15, 0.2) is 0 Å². The number of carbonyl (C=O) groups excluding carboxylic acids is 1. The van der Waals surface area contributed by atoms with Gasteiger partial charge in [0.25, 0.3) is 15.9 Å². The molecule has 3 aromatic carbocycles. The van der Waals surface area contributed by atoms with Gasteiger partial charge in [-0.05, 0) is 67.1 Å². The Bertz CT molecular complexity index is 1200. The molecule has 0 aliphatic rings. The van der Waals surface area contributed by atoms with Gasteiger partial charge in [-0.1, -0.05) is 18.2 Å². The first-order chi connectivity index (χ1) is 14.9. The van der Waals surface area contributed by atoms with Crippen LogP contribution in [0.5, 0.6) is 5.75 Å². The third-order valence-corrected chi connectivity index (χ3v) is 5.70. The second kappa shape index (κ2) is 9.78. The lowest BCUT2D eigenvalue weighted by Crippen LogP contribution is -2.16. The van der Waals surface area contributed by atoms with Crippen LogP contribution in [0, 0.1) is 11.3 Å². The minimum absolute atomic E-state index is 0.0293. The van der Waals surface area contributed by atoms with Crippen LogP contribution in [-0.4, -0.2) is 20.9 Å². The van der Waals surface area contributed by atoms with Crippen LogP contribution < -0.4 is 14.8 Å². The number of anilines is 2. The highest BCUT2D eigenvalue weighted by molar-refractivity contribution is 7.92. The third kappa shape index (κ3) is 5.84. The molecule has 0 saturated carbocycles. The molecule has 0 atom stereocenters. The molecule has 0 aromatic heterocycles. The van der Waals surface area contributed by atoms with Crippen molar-refractivity contribution in [2.75, 3.05) is 16.6 Å². The van der Waals surface area contributed by atoms with Crippen molar-refractivity contribution in [3.8, 4) is 11.8 Å². The van der Waals surface area contributed by atoms with Crippen molar-refractivity contribution < 1.29 is 17.9 Å². The first-order valence-electron chi connectivity index (χ1n) is 9.54. The number of hydrogen-bond donors (Lipinski definition) is 2. The number of nitrogens with zero attached hydrogens (tertiary/aromatic N) is 1. The zero-order valence-electron chi connectivity index (χ0n) is 16.8. The number of rotatable bonds is 8. The number of amides is 1. The number of hydrogen-bond acceptors (Lipinski definition) is 5. The predicted octanol–water partition coefficient (Wildman–Crippen LogP) is 4.20. The van der Waals surface area contributed by atoms with E-state index in [2.05, 4.69) is 16.1 Å². The molecule has 0 unspecified atom stereocenters. The van der Waals surface area contributed by atoms with Crippen LogP contribution in [0.2, 0.25) is 0 Å². The summed E-state index contributed by atoms with van der Waals surface area (Å²) in [6.45, 7) is 2.38. The summed E-state index contributed by atoms with van der Waals surface area (Å²) in [5.41, 5.74) is 1.98. The maximum atomic E-state index is 12.7. The summed E-state index contributed by atoms with van der Waals surface area (Å²) in [6.07, 6.45) is 0.287. The molecule has 0 bridgehead atoms. The summed E-state index contributed by atoms with van der Waals surface area (Å²) in [5.74, 6) is 0.205. The summed E-state index contributed by atoms with van der Waals surface area (Å²) in [4.78, 5) is 12.5. The Morgan fingerprint density at radius 3 is 2.32 bits per heavy atom. The van der Waals surface area contributed by atoms with E-state index in [-0.39, 0.29) is 16.9 Å². The molecule has 8 heteroatoms. The van der Waals surface area contributed by atoms with Crippen LogP contribution in [0.3, 0.4) is 0 Å². The zero-order valence-corrected chi connectivity index (χ0v) is 17.6. The fraction of sp³-hybridized carbons (Fsp3) is 0.130. The number of nitriles is 1. The summed E-state index contributed by atoms with van der Waals surface area (Å²) in [6, 6.07) is 21.3. The van der Waals surface area contributed by atoms with Gasteiger partial charge in [0, 0.05) is 16.9 Å². The maximum absolute atomic E-state index is 12.7. The summed E-state index contributed by atoms with van der Waals surface area (Å²) >= 11 is 0. The fourth-order valence-electron chi connectivity index (χ4n) is 2.80. The Kier molecular flexibility index (Phi) is 6.90. The monoisotopic (exact) mass is 435 g/mol. The largest absolute Gasteiger partial charge is 0.494 e. The minimum atomic E-state index is -3.88. The van der Waals surface area contributed by atoms with Crippen LogP contribution in [0.4, 0.5) is 11.4 Å². The Hall–Kier alpha value is -3.83. The molecule has 2 N–H and O–H groups in total. The molecule has 158 valence electrons. The molecule has 0 saturated heterocycles. The normalized spacial score (nSPS) is 10.7. The quantitative estimate of drug-likeness (QED) is 0.551. The van der Waals surface area contributed by atoms with Gasteiger partial charge in [0.1, 0.15) is 5.75 Å². The van der Waals surface area contributed by atoms with E-state index in [1.807, 2.05) is 6.92 Å². The Morgan fingerprint density at radius 1 is 1.00 bits per heavy atom. The van der Waals surface area contributed by atoms with E-state index in [0.29, 0.717) is 23.7 Å². The number of sulfonamides is 1. The molecule has 0 radical (unpaired) electrons. The summed E-state index contributed by atoms with van der Waals surface area (Å²) in [5, 5.41) is 11.4. The van der Waals surface area contributed by atoms with E-state index in [1.54, 1.807) is 48.5 Å². The first kappa shape index (κ1) is 21.9. The lowest BCUT2D eigenvalue weighted by atomic mass is 10.1. The van der Waals surface area contributed by atoms with Gasteiger partial charge < -0.3 is 10.1 Å². The summed E-state index contributed by atoms with van der Waals surface area (Å²) in [7, 11) is -3.88. The fourth-order valence-corrected chi connectivity index (χ4v) is 3.91.